The smallest absolute Gasteiger partial charge is 0.329 e. The topological polar surface area (TPSA) is 55.4 Å². The number of amides is 1. The summed E-state index contributed by atoms with van der Waals surface area (Å²) in [4.78, 5) is 24.5. The summed E-state index contributed by atoms with van der Waals surface area (Å²) in [5.74, 6) is 1.65. The van der Waals surface area contributed by atoms with Gasteiger partial charge in [-0.05, 0) is 38.9 Å². The molecule has 1 aliphatic heterocycles. The van der Waals surface area contributed by atoms with Crippen LogP contribution in [0, 0.1) is 11.8 Å². The Labute approximate surface area is 126 Å². The number of thioether (sulfide) groups is 1. The summed E-state index contributed by atoms with van der Waals surface area (Å²) in [5, 5.41) is 2.91. The molecule has 1 amide bonds. The van der Waals surface area contributed by atoms with Crippen LogP contribution in [0.2, 0.25) is 0 Å². The Hall–Kier alpha value is -0.710. The Bertz CT molecular complexity index is 346. The molecule has 116 valence electrons. The molecule has 1 unspecified atom stereocenters. The van der Waals surface area contributed by atoms with Crippen molar-refractivity contribution < 1.29 is 14.3 Å². The molecule has 3 atom stereocenters. The zero-order valence-corrected chi connectivity index (χ0v) is 14.0. The molecule has 1 aliphatic rings. The van der Waals surface area contributed by atoms with Crippen LogP contribution < -0.4 is 5.32 Å². The summed E-state index contributed by atoms with van der Waals surface area (Å²) >= 11 is 1.79. The van der Waals surface area contributed by atoms with E-state index < -0.39 is 11.6 Å². The van der Waals surface area contributed by atoms with E-state index in [1.807, 2.05) is 34.6 Å². The molecule has 1 fully saturated rings. The van der Waals surface area contributed by atoms with Crippen molar-refractivity contribution in [2.45, 2.75) is 59.1 Å². The van der Waals surface area contributed by atoms with Gasteiger partial charge >= 0.3 is 5.97 Å². The maximum atomic E-state index is 12.3. The van der Waals surface area contributed by atoms with Crippen molar-refractivity contribution in [2.24, 2.45) is 11.8 Å². The van der Waals surface area contributed by atoms with Crippen LogP contribution in [0.1, 0.15) is 47.5 Å². The van der Waals surface area contributed by atoms with E-state index in [1.165, 1.54) is 0 Å². The molecule has 0 aromatic rings. The molecular formula is C15H27NO3S. The summed E-state index contributed by atoms with van der Waals surface area (Å²) in [6.45, 7) is 9.51. The first-order valence-electron chi connectivity index (χ1n) is 7.35. The zero-order valence-electron chi connectivity index (χ0n) is 13.2. The van der Waals surface area contributed by atoms with E-state index in [4.69, 9.17) is 4.74 Å². The average Bonchev–Trinajstić information content (AvgIpc) is 2.86. The zero-order chi connectivity index (χ0) is 15.3. The molecule has 1 heterocycles. The van der Waals surface area contributed by atoms with Crippen molar-refractivity contribution in [1.82, 2.24) is 5.32 Å². The third kappa shape index (κ3) is 5.35. The van der Waals surface area contributed by atoms with Crippen molar-refractivity contribution in [3.63, 3.8) is 0 Å². The number of hydrogen-bond acceptors (Lipinski definition) is 4. The van der Waals surface area contributed by atoms with Gasteiger partial charge in [0.25, 0.3) is 0 Å². The second-order valence-electron chi connectivity index (χ2n) is 6.47. The van der Waals surface area contributed by atoms with Gasteiger partial charge < -0.3 is 10.1 Å². The predicted octanol–water partition coefficient (Wildman–Crippen LogP) is 2.61. The second-order valence-corrected chi connectivity index (χ2v) is 7.62. The maximum absolute atomic E-state index is 12.3. The largest absolute Gasteiger partial charge is 0.458 e. The number of carbonyl (C=O) groups excluding carboxylic acids is 2. The first kappa shape index (κ1) is 17.3. The van der Waals surface area contributed by atoms with Gasteiger partial charge in [-0.2, -0.15) is 11.8 Å². The first-order valence-corrected chi connectivity index (χ1v) is 8.51. The maximum Gasteiger partial charge on any atom is 0.329 e. The lowest BCUT2D eigenvalue weighted by molar-refractivity contribution is -0.160. The number of hydrogen-bond donors (Lipinski definition) is 1. The Morgan fingerprint density at radius 2 is 2.05 bits per heavy atom. The van der Waals surface area contributed by atoms with Crippen LogP contribution in [0.3, 0.4) is 0 Å². The van der Waals surface area contributed by atoms with Gasteiger partial charge in [0.2, 0.25) is 5.91 Å². The van der Waals surface area contributed by atoms with Gasteiger partial charge in [-0.1, -0.05) is 20.3 Å². The Morgan fingerprint density at radius 1 is 1.40 bits per heavy atom. The highest BCUT2D eigenvalue weighted by molar-refractivity contribution is 7.99. The molecule has 20 heavy (non-hydrogen) atoms. The van der Waals surface area contributed by atoms with Crippen LogP contribution >= 0.6 is 11.8 Å². The molecule has 0 bridgehead atoms. The third-order valence-electron chi connectivity index (χ3n) is 3.47. The van der Waals surface area contributed by atoms with Crippen molar-refractivity contribution in [3.8, 4) is 0 Å². The van der Waals surface area contributed by atoms with Crippen LogP contribution in [-0.2, 0) is 14.3 Å². The van der Waals surface area contributed by atoms with Gasteiger partial charge in [-0.3, -0.25) is 4.79 Å². The summed E-state index contributed by atoms with van der Waals surface area (Å²) < 4.78 is 5.43. The van der Waals surface area contributed by atoms with E-state index in [1.54, 1.807) is 11.8 Å². The molecular weight excluding hydrogens is 274 g/mol. The van der Waals surface area contributed by atoms with Crippen LogP contribution in [0.5, 0.6) is 0 Å². The lowest BCUT2D eigenvalue weighted by Gasteiger charge is -2.28. The van der Waals surface area contributed by atoms with E-state index in [2.05, 4.69) is 5.32 Å². The van der Waals surface area contributed by atoms with E-state index in [-0.39, 0.29) is 23.7 Å². The van der Waals surface area contributed by atoms with Gasteiger partial charge in [0.05, 0.1) is 0 Å². The van der Waals surface area contributed by atoms with Crippen LogP contribution in [0.25, 0.3) is 0 Å². The fourth-order valence-electron chi connectivity index (χ4n) is 2.05. The number of carbonyl (C=O) groups is 2. The molecule has 1 rings (SSSR count). The van der Waals surface area contributed by atoms with E-state index in [0.29, 0.717) is 0 Å². The van der Waals surface area contributed by atoms with Crippen molar-refractivity contribution in [2.75, 3.05) is 11.5 Å². The number of esters is 1. The molecule has 0 saturated carbocycles. The Morgan fingerprint density at radius 3 is 2.50 bits per heavy atom. The molecule has 0 aliphatic carbocycles. The van der Waals surface area contributed by atoms with Crippen LogP contribution in [-0.4, -0.2) is 35.0 Å². The summed E-state index contributed by atoms with van der Waals surface area (Å²) in [6.07, 6.45) is 1.72. The molecule has 0 aromatic heterocycles. The second kappa shape index (κ2) is 7.34. The molecule has 4 nitrogen and oxygen atoms in total. The van der Waals surface area contributed by atoms with Gasteiger partial charge in [-0.15, -0.1) is 0 Å². The molecule has 0 spiro atoms. The van der Waals surface area contributed by atoms with Crippen LogP contribution in [0.4, 0.5) is 0 Å². The minimum absolute atomic E-state index is 0.00819. The Kier molecular flexibility index (Phi) is 6.37. The fourth-order valence-corrected chi connectivity index (χ4v) is 3.27. The first-order chi connectivity index (χ1) is 9.24. The summed E-state index contributed by atoms with van der Waals surface area (Å²) in [7, 11) is 0. The highest BCUT2D eigenvalue weighted by Gasteiger charge is 2.33. The monoisotopic (exact) mass is 301 g/mol. The van der Waals surface area contributed by atoms with Crippen molar-refractivity contribution in [3.05, 3.63) is 0 Å². The summed E-state index contributed by atoms with van der Waals surface area (Å²) in [5.41, 5.74) is -0.531. The normalized spacial score (nSPS) is 22.1. The number of rotatable bonds is 5. The van der Waals surface area contributed by atoms with E-state index in [9.17, 15) is 9.59 Å². The minimum Gasteiger partial charge on any atom is -0.458 e. The Balaban J connectivity index is 2.68. The molecule has 0 radical (unpaired) electrons. The third-order valence-corrected chi connectivity index (χ3v) is 4.63. The molecule has 1 saturated heterocycles. The molecule has 0 aromatic carbocycles. The van der Waals surface area contributed by atoms with E-state index in [0.717, 1.165) is 24.3 Å². The number of nitrogens with one attached hydrogen (secondary N) is 1. The number of ether oxygens (including phenoxy) is 1. The lowest BCUT2D eigenvalue weighted by Crippen LogP contribution is -2.49. The van der Waals surface area contributed by atoms with Crippen molar-refractivity contribution >= 4 is 23.6 Å². The van der Waals surface area contributed by atoms with Gasteiger partial charge in [0.1, 0.15) is 11.6 Å². The highest BCUT2D eigenvalue weighted by atomic mass is 32.2. The standard InChI is InChI=1S/C15H27NO3S/c1-6-10(2)12(14(18)19-15(3,4)5)16-13(17)11-7-8-20-9-11/h10-12H,6-9H2,1-5H3,(H,16,17)/t10-,11?,12-/m0/s1. The van der Waals surface area contributed by atoms with Crippen molar-refractivity contribution in [1.29, 1.82) is 0 Å². The quantitative estimate of drug-likeness (QED) is 0.793. The highest BCUT2D eigenvalue weighted by Crippen LogP contribution is 2.24. The average molecular weight is 301 g/mol. The molecule has 1 N–H and O–H groups in total. The lowest BCUT2D eigenvalue weighted by atomic mass is 9.97. The summed E-state index contributed by atoms with van der Waals surface area (Å²) in [6, 6.07) is -0.544. The minimum atomic E-state index is -0.544. The molecule has 5 heteroatoms. The van der Waals surface area contributed by atoms with Gasteiger partial charge in [0, 0.05) is 11.7 Å². The van der Waals surface area contributed by atoms with Gasteiger partial charge in [0.15, 0.2) is 0 Å². The SMILES string of the molecule is CC[C@H](C)[C@H](NC(=O)C1CCSC1)C(=O)OC(C)(C)C. The van der Waals surface area contributed by atoms with E-state index >= 15 is 0 Å². The van der Waals surface area contributed by atoms with Crippen LogP contribution in [0.15, 0.2) is 0 Å². The fraction of sp³-hybridized carbons (Fsp3) is 0.867. The predicted molar refractivity (Wildman–Crippen MR) is 82.7 cm³/mol. The van der Waals surface area contributed by atoms with Gasteiger partial charge in [-0.25, -0.2) is 4.79 Å².